The Balaban J connectivity index is 3.17. The van der Waals surface area contributed by atoms with Gasteiger partial charge in [-0.05, 0) is 6.42 Å². The van der Waals surface area contributed by atoms with Crippen molar-refractivity contribution in [3.8, 4) is 5.75 Å². The van der Waals surface area contributed by atoms with Gasteiger partial charge in [0.15, 0.2) is 23.2 Å². The first-order chi connectivity index (χ1) is 7.34. The molecule has 2 N–H and O–H groups in total. The van der Waals surface area contributed by atoms with Crippen molar-refractivity contribution >= 4 is 5.97 Å². The largest absolute Gasteiger partial charge is 0.505 e. The monoisotopic (exact) mass is 234 g/mol. The van der Waals surface area contributed by atoms with Gasteiger partial charge in [0.2, 0.25) is 0 Å². The van der Waals surface area contributed by atoms with Crippen LogP contribution in [0, 0.1) is 23.4 Å². The highest BCUT2D eigenvalue weighted by Gasteiger charge is 2.22. The molecule has 0 heterocycles. The van der Waals surface area contributed by atoms with Gasteiger partial charge in [0.1, 0.15) is 0 Å². The quantitative estimate of drug-likeness (QED) is 0.787. The van der Waals surface area contributed by atoms with Gasteiger partial charge in [-0.25, -0.2) is 13.2 Å². The smallest absolute Gasteiger partial charge is 0.306 e. The van der Waals surface area contributed by atoms with E-state index in [9.17, 15) is 18.0 Å². The van der Waals surface area contributed by atoms with E-state index in [4.69, 9.17) is 10.2 Å². The summed E-state index contributed by atoms with van der Waals surface area (Å²) in [6.45, 7) is 1.23. The second-order valence-electron chi connectivity index (χ2n) is 3.43. The number of hydrogen-bond donors (Lipinski definition) is 2. The van der Waals surface area contributed by atoms with E-state index in [1.807, 2.05) is 0 Å². The van der Waals surface area contributed by atoms with Crippen LogP contribution in [0.5, 0.6) is 5.75 Å². The van der Waals surface area contributed by atoms with Gasteiger partial charge in [-0.1, -0.05) is 6.92 Å². The Morgan fingerprint density at radius 2 is 1.94 bits per heavy atom. The molecule has 0 amide bonds. The van der Waals surface area contributed by atoms with Gasteiger partial charge >= 0.3 is 5.97 Å². The highest BCUT2D eigenvalue weighted by atomic mass is 19.2. The molecule has 88 valence electrons. The lowest BCUT2D eigenvalue weighted by atomic mass is 10.00. The number of aliphatic carboxylic acids is 1. The second-order valence-corrected chi connectivity index (χ2v) is 3.43. The maximum atomic E-state index is 13.2. The first-order valence-electron chi connectivity index (χ1n) is 4.42. The van der Waals surface area contributed by atoms with Gasteiger partial charge in [-0.3, -0.25) is 4.79 Å². The fourth-order valence-corrected chi connectivity index (χ4v) is 1.21. The number of carboxylic acids is 1. The number of carbonyl (C=O) groups is 1. The summed E-state index contributed by atoms with van der Waals surface area (Å²) in [7, 11) is 0. The molecule has 0 aliphatic rings. The van der Waals surface area contributed by atoms with E-state index >= 15 is 0 Å². The van der Waals surface area contributed by atoms with Crippen molar-refractivity contribution < 1.29 is 28.2 Å². The molecule has 1 unspecified atom stereocenters. The topological polar surface area (TPSA) is 57.5 Å². The fourth-order valence-electron chi connectivity index (χ4n) is 1.21. The summed E-state index contributed by atoms with van der Waals surface area (Å²) in [5, 5.41) is 17.5. The van der Waals surface area contributed by atoms with E-state index in [-0.39, 0.29) is 0 Å². The van der Waals surface area contributed by atoms with Crippen LogP contribution in [0.4, 0.5) is 13.2 Å². The lowest BCUT2D eigenvalue weighted by molar-refractivity contribution is -0.141. The molecule has 0 fully saturated rings. The van der Waals surface area contributed by atoms with E-state index in [1.165, 1.54) is 6.92 Å². The average molecular weight is 234 g/mol. The maximum Gasteiger partial charge on any atom is 0.306 e. The summed E-state index contributed by atoms with van der Waals surface area (Å²) >= 11 is 0. The van der Waals surface area contributed by atoms with Crippen LogP contribution in [0.25, 0.3) is 0 Å². The number of carboxylic acid groups (broad SMARTS) is 1. The Bertz CT molecular complexity index is 406. The number of rotatable bonds is 3. The number of aromatic hydroxyl groups is 1. The van der Waals surface area contributed by atoms with Gasteiger partial charge in [-0.2, -0.15) is 0 Å². The molecule has 0 bridgehead atoms. The first-order valence-corrected chi connectivity index (χ1v) is 4.42. The van der Waals surface area contributed by atoms with Crippen LogP contribution in [0.3, 0.4) is 0 Å². The normalized spacial score (nSPS) is 12.5. The van der Waals surface area contributed by atoms with Crippen LogP contribution in [0.1, 0.15) is 12.5 Å². The van der Waals surface area contributed by atoms with Gasteiger partial charge in [-0.15, -0.1) is 0 Å². The van der Waals surface area contributed by atoms with E-state index in [0.29, 0.717) is 6.07 Å². The molecule has 1 rings (SSSR count). The molecule has 0 aliphatic carbocycles. The van der Waals surface area contributed by atoms with Crippen LogP contribution >= 0.6 is 0 Å². The zero-order valence-electron chi connectivity index (χ0n) is 8.30. The molecule has 6 heteroatoms. The maximum absolute atomic E-state index is 13.2. The molecule has 0 saturated carbocycles. The zero-order valence-corrected chi connectivity index (χ0v) is 8.30. The number of phenolic OH excluding ortho intramolecular Hbond substituents is 1. The Hall–Kier alpha value is -1.72. The molecule has 3 nitrogen and oxygen atoms in total. The molecular formula is C10H9F3O3. The third-order valence-corrected chi connectivity index (χ3v) is 2.16. The Labute approximate surface area is 89.1 Å². The molecular weight excluding hydrogens is 225 g/mol. The van der Waals surface area contributed by atoms with Crippen LogP contribution in [0.15, 0.2) is 6.07 Å². The predicted molar refractivity (Wildman–Crippen MR) is 48.5 cm³/mol. The van der Waals surface area contributed by atoms with Crippen LogP contribution in [-0.4, -0.2) is 16.2 Å². The molecule has 0 aliphatic heterocycles. The van der Waals surface area contributed by atoms with Crippen molar-refractivity contribution in [3.63, 3.8) is 0 Å². The summed E-state index contributed by atoms with van der Waals surface area (Å²) in [6.07, 6.45) is -0.529. The van der Waals surface area contributed by atoms with E-state index < -0.39 is 47.1 Å². The third-order valence-electron chi connectivity index (χ3n) is 2.16. The van der Waals surface area contributed by atoms with Gasteiger partial charge in [0.25, 0.3) is 0 Å². The lowest BCUT2D eigenvalue weighted by Gasteiger charge is -2.10. The standard InChI is InChI=1S/C10H9F3O3/c1-4(10(15)16)2-5-8(12)6(11)3-7(14)9(5)13/h3-4,14H,2H2,1H3,(H,15,16). The number of hydrogen-bond acceptors (Lipinski definition) is 2. The molecule has 0 radical (unpaired) electrons. The number of phenols is 1. The summed E-state index contributed by atoms with van der Waals surface area (Å²) in [5.74, 6) is -7.58. The van der Waals surface area contributed by atoms with E-state index in [2.05, 4.69) is 0 Å². The summed E-state index contributed by atoms with van der Waals surface area (Å²) in [4.78, 5) is 10.5. The summed E-state index contributed by atoms with van der Waals surface area (Å²) in [5.41, 5.74) is -0.757. The lowest BCUT2D eigenvalue weighted by Crippen LogP contribution is -2.14. The molecule has 0 saturated heterocycles. The highest BCUT2D eigenvalue weighted by molar-refractivity contribution is 5.70. The van der Waals surface area contributed by atoms with Crippen molar-refractivity contribution in [2.75, 3.05) is 0 Å². The van der Waals surface area contributed by atoms with Gasteiger partial charge in [0, 0.05) is 11.6 Å². The number of benzene rings is 1. The first kappa shape index (κ1) is 12.4. The molecule has 1 aromatic rings. The van der Waals surface area contributed by atoms with Crippen molar-refractivity contribution in [3.05, 3.63) is 29.1 Å². The SMILES string of the molecule is CC(Cc1c(F)c(O)cc(F)c1F)C(=O)O. The Morgan fingerprint density at radius 3 is 2.44 bits per heavy atom. The molecule has 0 spiro atoms. The fraction of sp³-hybridized carbons (Fsp3) is 0.300. The van der Waals surface area contributed by atoms with Crippen molar-refractivity contribution in [2.24, 2.45) is 5.92 Å². The van der Waals surface area contributed by atoms with Crippen molar-refractivity contribution in [1.82, 2.24) is 0 Å². The Morgan fingerprint density at radius 1 is 1.38 bits per heavy atom. The summed E-state index contributed by atoms with van der Waals surface area (Å²) in [6, 6.07) is 0.305. The van der Waals surface area contributed by atoms with Crippen LogP contribution in [0.2, 0.25) is 0 Å². The minimum absolute atomic E-state index is 0.305. The van der Waals surface area contributed by atoms with E-state index in [1.54, 1.807) is 0 Å². The minimum Gasteiger partial charge on any atom is -0.505 e. The van der Waals surface area contributed by atoms with Crippen LogP contribution < -0.4 is 0 Å². The highest BCUT2D eigenvalue weighted by Crippen LogP contribution is 2.26. The minimum atomic E-state index is -1.47. The van der Waals surface area contributed by atoms with Gasteiger partial charge in [0.05, 0.1) is 5.92 Å². The third kappa shape index (κ3) is 2.26. The Kier molecular flexibility index (Phi) is 3.41. The zero-order chi connectivity index (χ0) is 12.5. The van der Waals surface area contributed by atoms with E-state index in [0.717, 1.165) is 0 Å². The van der Waals surface area contributed by atoms with Crippen molar-refractivity contribution in [2.45, 2.75) is 13.3 Å². The summed E-state index contributed by atoms with van der Waals surface area (Å²) < 4.78 is 39.2. The van der Waals surface area contributed by atoms with Crippen molar-refractivity contribution in [1.29, 1.82) is 0 Å². The molecule has 0 aromatic heterocycles. The van der Waals surface area contributed by atoms with Gasteiger partial charge < -0.3 is 10.2 Å². The number of halogens is 3. The molecule has 16 heavy (non-hydrogen) atoms. The second kappa shape index (κ2) is 4.42. The van der Waals surface area contributed by atoms with Crippen LogP contribution in [-0.2, 0) is 11.2 Å². The average Bonchev–Trinajstić information content (AvgIpc) is 2.21. The molecule has 1 aromatic carbocycles. The predicted octanol–water partition coefficient (Wildman–Crippen LogP) is 2.07. The molecule has 1 atom stereocenters.